The first-order valence-corrected chi connectivity index (χ1v) is 5.69. The number of rotatable bonds is 3. The van der Waals surface area contributed by atoms with Crippen molar-refractivity contribution in [2.24, 2.45) is 0 Å². The quantitative estimate of drug-likeness (QED) is 0.809. The lowest BCUT2D eigenvalue weighted by molar-refractivity contribution is -0.138. The minimum absolute atomic E-state index is 0.503. The summed E-state index contributed by atoms with van der Waals surface area (Å²) >= 11 is 0. The highest BCUT2D eigenvalue weighted by Gasteiger charge is 2.31. The van der Waals surface area contributed by atoms with Gasteiger partial charge in [-0.15, -0.1) is 0 Å². The van der Waals surface area contributed by atoms with Crippen molar-refractivity contribution < 1.29 is 14.7 Å². The summed E-state index contributed by atoms with van der Waals surface area (Å²) in [6, 6.07) is 5.02. The number of aliphatic carboxylic acids is 1. The number of nitrogens with zero attached hydrogens (tertiary/aromatic N) is 1. The number of carbonyl (C=O) groups excluding carboxylic acids is 1. The third-order valence-electron chi connectivity index (χ3n) is 3.16. The van der Waals surface area contributed by atoms with Crippen LogP contribution >= 0.6 is 0 Å². The Morgan fingerprint density at radius 3 is 2.94 bits per heavy atom. The van der Waals surface area contributed by atoms with Gasteiger partial charge in [0.1, 0.15) is 6.04 Å². The number of benzene rings is 1. The number of hydrogen-bond donors (Lipinski definition) is 1. The molecule has 1 aliphatic heterocycles. The molecule has 1 heterocycles. The van der Waals surface area contributed by atoms with Crippen molar-refractivity contribution in [3.8, 4) is 0 Å². The van der Waals surface area contributed by atoms with Gasteiger partial charge in [0, 0.05) is 17.8 Å². The highest BCUT2D eigenvalue weighted by Crippen LogP contribution is 2.28. The molecule has 1 N–H and O–H groups in total. The van der Waals surface area contributed by atoms with Crippen molar-refractivity contribution in [3.05, 3.63) is 29.3 Å². The first kappa shape index (κ1) is 11.6. The molecule has 90 valence electrons. The molecule has 0 aliphatic carbocycles. The Hall–Kier alpha value is -1.84. The molecule has 0 radical (unpaired) electrons. The molecule has 2 rings (SSSR count). The molecule has 0 aromatic heterocycles. The van der Waals surface area contributed by atoms with Crippen LogP contribution in [0.2, 0.25) is 0 Å². The fourth-order valence-electron chi connectivity index (χ4n) is 2.34. The van der Waals surface area contributed by atoms with E-state index >= 15 is 0 Å². The first-order valence-electron chi connectivity index (χ1n) is 5.69. The minimum atomic E-state index is -0.820. The van der Waals surface area contributed by atoms with Crippen LogP contribution in [0.4, 0.5) is 5.69 Å². The Labute approximate surface area is 99.9 Å². The van der Waals surface area contributed by atoms with Crippen LogP contribution in [0.1, 0.15) is 28.8 Å². The van der Waals surface area contributed by atoms with E-state index in [2.05, 4.69) is 0 Å². The van der Waals surface area contributed by atoms with E-state index in [-0.39, 0.29) is 0 Å². The highest BCUT2D eigenvalue weighted by atomic mass is 16.4. The summed E-state index contributed by atoms with van der Waals surface area (Å²) in [6.45, 7) is 2.61. The molecule has 1 aliphatic rings. The Morgan fingerprint density at radius 1 is 1.53 bits per heavy atom. The molecule has 4 nitrogen and oxygen atoms in total. The molecule has 1 atom stereocenters. The van der Waals surface area contributed by atoms with Crippen molar-refractivity contribution in [1.29, 1.82) is 0 Å². The summed E-state index contributed by atoms with van der Waals surface area (Å²) < 4.78 is 0. The topological polar surface area (TPSA) is 57.6 Å². The Balaban J connectivity index is 2.39. The van der Waals surface area contributed by atoms with Gasteiger partial charge < -0.3 is 10.0 Å². The maximum Gasteiger partial charge on any atom is 0.326 e. The average molecular weight is 233 g/mol. The maximum absolute atomic E-state index is 11.1. The fourth-order valence-corrected chi connectivity index (χ4v) is 2.34. The molecule has 0 amide bonds. The van der Waals surface area contributed by atoms with Crippen molar-refractivity contribution >= 4 is 17.9 Å². The number of hydrogen-bond acceptors (Lipinski definition) is 3. The van der Waals surface area contributed by atoms with Crippen molar-refractivity contribution in [1.82, 2.24) is 0 Å². The smallest absolute Gasteiger partial charge is 0.326 e. The van der Waals surface area contributed by atoms with Crippen LogP contribution in [-0.2, 0) is 4.79 Å². The van der Waals surface area contributed by atoms with E-state index in [0.717, 1.165) is 24.0 Å². The van der Waals surface area contributed by atoms with Crippen LogP contribution in [0.15, 0.2) is 18.2 Å². The standard InChI is InChI=1S/C13H15NO3/c1-9-4-5-11(10(7-9)8-15)14-6-2-3-12(14)13(16)17/h4-5,7-8,12H,2-3,6H2,1H3,(H,16,17)/t12-/m0/s1. The summed E-state index contributed by atoms with van der Waals surface area (Å²) in [5.41, 5.74) is 2.30. The Kier molecular flexibility index (Phi) is 3.13. The van der Waals surface area contributed by atoms with E-state index in [1.54, 1.807) is 6.07 Å². The van der Waals surface area contributed by atoms with E-state index in [9.17, 15) is 9.59 Å². The van der Waals surface area contributed by atoms with Crippen LogP contribution in [0.25, 0.3) is 0 Å². The van der Waals surface area contributed by atoms with Gasteiger partial charge in [-0.05, 0) is 31.9 Å². The average Bonchev–Trinajstić information content (AvgIpc) is 2.77. The predicted octanol–water partition coefficient (Wildman–Crippen LogP) is 1.86. The molecule has 1 fully saturated rings. The third kappa shape index (κ3) is 2.16. The van der Waals surface area contributed by atoms with E-state index < -0.39 is 12.0 Å². The summed E-state index contributed by atoms with van der Waals surface area (Å²) in [5.74, 6) is -0.820. The molecule has 4 heteroatoms. The lowest BCUT2D eigenvalue weighted by Crippen LogP contribution is -2.36. The van der Waals surface area contributed by atoms with Crippen LogP contribution in [-0.4, -0.2) is 29.9 Å². The van der Waals surface area contributed by atoms with E-state index in [4.69, 9.17) is 5.11 Å². The third-order valence-corrected chi connectivity index (χ3v) is 3.16. The van der Waals surface area contributed by atoms with Gasteiger partial charge in [0.15, 0.2) is 6.29 Å². The second kappa shape index (κ2) is 4.57. The van der Waals surface area contributed by atoms with Crippen molar-refractivity contribution in [2.75, 3.05) is 11.4 Å². The Bertz CT molecular complexity index is 456. The summed E-state index contributed by atoms with van der Waals surface area (Å²) in [6.07, 6.45) is 2.28. The monoisotopic (exact) mass is 233 g/mol. The SMILES string of the molecule is Cc1ccc(N2CCC[C@H]2C(=O)O)c(C=O)c1. The van der Waals surface area contributed by atoms with Gasteiger partial charge >= 0.3 is 5.97 Å². The number of carboxylic acids is 1. The lowest BCUT2D eigenvalue weighted by Gasteiger charge is -2.25. The normalized spacial score (nSPS) is 19.4. The molecule has 0 spiro atoms. The summed E-state index contributed by atoms with van der Waals surface area (Å²) in [4.78, 5) is 24.0. The molecule has 0 unspecified atom stereocenters. The van der Waals surface area contributed by atoms with Gasteiger partial charge in [-0.25, -0.2) is 4.79 Å². The van der Waals surface area contributed by atoms with Gasteiger partial charge in [-0.1, -0.05) is 11.6 Å². The molecule has 0 saturated carbocycles. The van der Waals surface area contributed by atoms with Gasteiger partial charge in [-0.2, -0.15) is 0 Å². The summed E-state index contributed by atoms with van der Waals surface area (Å²) in [7, 11) is 0. The van der Waals surface area contributed by atoms with Crippen LogP contribution in [0, 0.1) is 6.92 Å². The second-order valence-electron chi connectivity index (χ2n) is 4.37. The van der Waals surface area contributed by atoms with Crippen molar-refractivity contribution in [3.63, 3.8) is 0 Å². The maximum atomic E-state index is 11.1. The number of anilines is 1. The predicted molar refractivity (Wildman–Crippen MR) is 64.6 cm³/mol. The minimum Gasteiger partial charge on any atom is -0.480 e. The largest absolute Gasteiger partial charge is 0.480 e. The first-order chi connectivity index (χ1) is 8.13. The zero-order valence-electron chi connectivity index (χ0n) is 9.72. The number of aryl methyl sites for hydroxylation is 1. The van der Waals surface area contributed by atoms with Crippen LogP contribution < -0.4 is 4.90 Å². The van der Waals surface area contributed by atoms with Crippen LogP contribution in [0.3, 0.4) is 0 Å². The van der Waals surface area contributed by atoms with E-state index in [1.165, 1.54) is 0 Å². The molecular weight excluding hydrogens is 218 g/mol. The molecule has 1 aromatic rings. The lowest BCUT2D eigenvalue weighted by atomic mass is 10.1. The van der Waals surface area contributed by atoms with Gasteiger partial charge in [0.2, 0.25) is 0 Å². The van der Waals surface area contributed by atoms with Gasteiger partial charge in [0.05, 0.1) is 0 Å². The molecule has 1 aromatic carbocycles. The Morgan fingerprint density at radius 2 is 2.29 bits per heavy atom. The zero-order valence-corrected chi connectivity index (χ0v) is 9.72. The molecule has 17 heavy (non-hydrogen) atoms. The highest BCUT2D eigenvalue weighted by molar-refractivity contribution is 5.88. The molecular formula is C13H15NO3. The van der Waals surface area contributed by atoms with E-state index in [0.29, 0.717) is 18.5 Å². The fraction of sp³-hybridized carbons (Fsp3) is 0.385. The van der Waals surface area contributed by atoms with Crippen LogP contribution in [0.5, 0.6) is 0 Å². The van der Waals surface area contributed by atoms with Gasteiger partial charge in [-0.3, -0.25) is 4.79 Å². The second-order valence-corrected chi connectivity index (χ2v) is 4.37. The van der Waals surface area contributed by atoms with E-state index in [1.807, 2.05) is 24.0 Å². The molecule has 0 bridgehead atoms. The number of carboxylic acid groups (broad SMARTS) is 1. The van der Waals surface area contributed by atoms with Crippen molar-refractivity contribution in [2.45, 2.75) is 25.8 Å². The zero-order chi connectivity index (χ0) is 12.4. The molecule has 1 saturated heterocycles. The number of aldehydes is 1. The van der Waals surface area contributed by atoms with Gasteiger partial charge in [0.25, 0.3) is 0 Å². The summed E-state index contributed by atoms with van der Waals surface area (Å²) in [5, 5.41) is 9.13. The number of carbonyl (C=O) groups is 2.